The van der Waals surface area contributed by atoms with Gasteiger partial charge >= 0.3 is 6.03 Å². The van der Waals surface area contributed by atoms with E-state index >= 15 is 0 Å². The molecule has 128 valence electrons. The Morgan fingerprint density at radius 3 is 2.40 bits per heavy atom. The van der Waals surface area contributed by atoms with Gasteiger partial charge in [0.1, 0.15) is 10.8 Å². The van der Waals surface area contributed by atoms with Gasteiger partial charge in [-0.25, -0.2) is 9.18 Å². The number of urea groups is 1. The Hall–Kier alpha value is -3.00. The minimum atomic E-state index is -0.589. The van der Waals surface area contributed by atoms with Crippen molar-refractivity contribution in [2.75, 3.05) is 10.6 Å². The fourth-order valence-electron chi connectivity index (χ4n) is 2.20. The van der Waals surface area contributed by atoms with Gasteiger partial charge in [0, 0.05) is 18.7 Å². The SMILES string of the molecule is NC(=O)Nc1ccc(CNc2nnc(Cc3ccc(F)cc3)s2)cc1. The third kappa shape index (κ3) is 4.98. The molecule has 0 saturated carbocycles. The first-order chi connectivity index (χ1) is 12.1. The van der Waals surface area contributed by atoms with Crippen LogP contribution in [0.1, 0.15) is 16.1 Å². The van der Waals surface area contributed by atoms with Crippen molar-refractivity contribution in [3.63, 3.8) is 0 Å². The monoisotopic (exact) mass is 357 g/mol. The third-order valence-electron chi connectivity index (χ3n) is 3.40. The predicted octanol–water partition coefficient (Wildman–Crippen LogP) is 3.37. The zero-order valence-electron chi connectivity index (χ0n) is 13.2. The highest BCUT2D eigenvalue weighted by atomic mass is 32.1. The van der Waals surface area contributed by atoms with Crippen molar-refractivity contribution in [2.45, 2.75) is 13.0 Å². The maximum atomic E-state index is 12.9. The standard InChI is InChI=1S/C17H16FN5OS/c18-13-5-1-11(2-6-13)9-15-22-23-17(25-15)20-10-12-3-7-14(8-4-12)21-16(19)24/h1-8H,9-10H2,(H,20,23)(H3,19,21,24). The van der Waals surface area contributed by atoms with Gasteiger partial charge in [0.15, 0.2) is 0 Å². The van der Waals surface area contributed by atoms with E-state index in [1.165, 1.54) is 23.5 Å². The van der Waals surface area contributed by atoms with Gasteiger partial charge in [0.05, 0.1) is 0 Å². The lowest BCUT2D eigenvalue weighted by Crippen LogP contribution is -2.19. The Morgan fingerprint density at radius 1 is 1.04 bits per heavy atom. The van der Waals surface area contributed by atoms with Crippen LogP contribution in [0.15, 0.2) is 48.5 Å². The number of hydrogen-bond acceptors (Lipinski definition) is 5. The second-order valence-electron chi connectivity index (χ2n) is 5.34. The van der Waals surface area contributed by atoms with Crippen LogP contribution in [0.2, 0.25) is 0 Å². The van der Waals surface area contributed by atoms with Gasteiger partial charge in [-0.3, -0.25) is 0 Å². The van der Waals surface area contributed by atoms with Gasteiger partial charge in [0.25, 0.3) is 0 Å². The number of nitrogens with zero attached hydrogens (tertiary/aromatic N) is 2. The van der Waals surface area contributed by atoms with Crippen LogP contribution in [-0.2, 0) is 13.0 Å². The summed E-state index contributed by atoms with van der Waals surface area (Å²) < 4.78 is 12.9. The minimum Gasteiger partial charge on any atom is -0.356 e. The summed E-state index contributed by atoms with van der Waals surface area (Å²) in [7, 11) is 0. The van der Waals surface area contributed by atoms with Crippen LogP contribution < -0.4 is 16.4 Å². The molecular formula is C17H16FN5OS. The summed E-state index contributed by atoms with van der Waals surface area (Å²) in [6.45, 7) is 0.585. The average Bonchev–Trinajstić information content (AvgIpc) is 3.03. The topological polar surface area (TPSA) is 92.9 Å². The molecule has 0 fully saturated rings. The molecule has 3 rings (SSSR count). The average molecular weight is 357 g/mol. The summed E-state index contributed by atoms with van der Waals surface area (Å²) in [6.07, 6.45) is 0.618. The van der Waals surface area contributed by atoms with E-state index in [0.717, 1.165) is 21.3 Å². The second kappa shape index (κ2) is 7.71. The van der Waals surface area contributed by atoms with Crippen LogP contribution in [0.4, 0.5) is 20.0 Å². The van der Waals surface area contributed by atoms with Gasteiger partial charge in [-0.05, 0) is 35.4 Å². The Morgan fingerprint density at radius 2 is 1.72 bits per heavy atom. The smallest absolute Gasteiger partial charge is 0.316 e. The number of halogens is 1. The molecule has 1 aromatic heterocycles. The lowest BCUT2D eigenvalue weighted by Gasteiger charge is -2.05. The van der Waals surface area contributed by atoms with Crippen LogP contribution in [-0.4, -0.2) is 16.2 Å². The van der Waals surface area contributed by atoms with E-state index in [9.17, 15) is 9.18 Å². The molecule has 0 radical (unpaired) electrons. The van der Waals surface area contributed by atoms with Crippen molar-refractivity contribution in [3.05, 3.63) is 70.5 Å². The summed E-state index contributed by atoms with van der Waals surface area (Å²) in [4.78, 5) is 10.8. The van der Waals surface area contributed by atoms with Crippen molar-refractivity contribution >= 4 is 28.2 Å². The molecule has 0 aliphatic heterocycles. The number of anilines is 2. The molecule has 2 amide bonds. The van der Waals surface area contributed by atoms with Crippen LogP contribution in [0.25, 0.3) is 0 Å². The van der Waals surface area contributed by atoms with Crippen LogP contribution in [0.5, 0.6) is 0 Å². The number of nitrogens with two attached hydrogens (primary N) is 1. The van der Waals surface area contributed by atoms with E-state index < -0.39 is 6.03 Å². The highest BCUT2D eigenvalue weighted by Gasteiger charge is 2.06. The van der Waals surface area contributed by atoms with Gasteiger partial charge in [-0.2, -0.15) is 0 Å². The van der Waals surface area contributed by atoms with Gasteiger partial charge < -0.3 is 16.4 Å². The summed E-state index contributed by atoms with van der Waals surface area (Å²) in [5.41, 5.74) is 7.73. The number of aromatic nitrogens is 2. The first kappa shape index (κ1) is 16.8. The summed E-state index contributed by atoms with van der Waals surface area (Å²) in [5, 5.41) is 15.6. The fraction of sp³-hybridized carbons (Fsp3) is 0.118. The molecule has 0 bridgehead atoms. The van der Waals surface area contributed by atoms with Crippen LogP contribution >= 0.6 is 11.3 Å². The largest absolute Gasteiger partial charge is 0.356 e. The van der Waals surface area contributed by atoms with E-state index in [4.69, 9.17) is 5.73 Å². The second-order valence-corrected chi connectivity index (χ2v) is 6.41. The zero-order chi connectivity index (χ0) is 17.6. The predicted molar refractivity (Wildman–Crippen MR) is 96.1 cm³/mol. The van der Waals surface area contributed by atoms with E-state index in [0.29, 0.717) is 18.7 Å². The van der Waals surface area contributed by atoms with Crippen molar-refractivity contribution < 1.29 is 9.18 Å². The molecule has 8 heteroatoms. The lowest BCUT2D eigenvalue weighted by molar-refractivity contribution is 0.259. The first-order valence-electron chi connectivity index (χ1n) is 7.54. The Balaban J connectivity index is 1.54. The molecule has 2 aromatic carbocycles. The molecule has 0 saturated heterocycles. The third-order valence-corrected chi connectivity index (χ3v) is 4.28. The molecule has 0 atom stereocenters. The van der Waals surface area contributed by atoms with E-state index in [-0.39, 0.29) is 5.82 Å². The van der Waals surface area contributed by atoms with Crippen LogP contribution in [0.3, 0.4) is 0 Å². The number of benzene rings is 2. The van der Waals surface area contributed by atoms with Gasteiger partial charge in [-0.15, -0.1) is 10.2 Å². The zero-order valence-corrected chi connectivity index (χ0v) is 14.0. The molecule has 6 nitrogen and oxygen atoms in total. The van der Waals surface area contributed by atoms with Crippen molar-refractivity contribution in [1.82, 2.24) is 10.2 Å². The Kier molecular flexibility index (Phi) is 5.20. The fourth-order valence-corrected chi connectivity index (χ4v) is 2.97. The normalized spacial score (nSPS) is 10.4. The number of primary amides is 1. The molecule has 0 aliphatic carbocycles. The number of nitrogens with one attached hydrogen (secondary N) is 2. The van der Waals surface area contributed by atoms with E-state index in [1.807, 2.05) is 12.1 Å². The lowest BCUT2D eigenvalue weighted by atomic mass is 10.2. The highest BCUT2D eigenvalue weighted by molar-refractivity contribution is 7.15. The van der Waals surface area contributed by atoms with Gasteiger partial charge in [-0.1, -0.05) is 35.6 Å². The maximum absolute atomic E-state index is 12.9. The number of carbonyl (C=O) groups is 1. The number of carbonyl (C=O) groups excluding carboxylic acids is 1. The van der Waals surface area contributed by atoms with E-state index in [2.05, 4.69) is 20.8 Å². The summed E-state index contributed by atoms with van der Waals surface area (Å²) in [6, 6.07) is 13.1. The quantitative estimate of drug-likeness (QED) is 0.630. The molecule has 25 heavy (non-hydrogen) atoms. The van der Waals surface area contributed by atoms with Crippen molar-refractivity contribution in [3.8, 4) is 0 Å². The molecule has 0 spiro atoms. The van der Waals surface area contributed by atoms with Crippen molar-refractivity contribution in [2.24, 2.45) is 5.73 Å². The summed E-state index contributed by atoms with van der Waals surface area (Å²) >= 11 is 1.46. The highest BCUT2D eigenvalue weighted by Crippen LogP contribution is 2.20. The molecule has 1 heterocycles. The Bertz CT molecular complexity index is 848. The number of hydrogen-bond donors (Lipinski definition) is 3. The molecule has 3 aromatic rings. The molecule has 0 aliphatic rings. The minimum absolute atomic E-state index is 0.250. The van der Waals surface area contributed by atoms with Crippen molar-refractivity contribution in [1.29, 1.82) is 0 Å². The molecule has 4 N–H and O–H groups in total. The van der Waals surface area contributed by atoms with E-state index in [1.54, 1.807) is 24.3 Å². The maximum Gasteiger partial charge on any atom is 0.316 e. The molecular weight excluding hydrogens is 341 g/mol. The Labute approximate surface area is 147 Å². The first-order valence-corrected chi connectivity index (χ1v) is 8.36. The van der Waals surface area contributed by atoms with Gasteiger partial charge in [0.2, 0.25) is 5.13 Å². The molecule has 0 unspecified atom stereocenters. The summed E-state index contributed by atoms with van der Waals surface area (Å²) in [5.74, 6) is -0.250. The number of amides is 2. The van der Waals surface area contributed by atoms with Crippen LogP contribution in [0, 0.1) is 5.82 Å². The number of rotatable bonds is 6.